The molecule has 0 aliphatic rings. The minimum absolute atomic E-state index is 0.0242. The number of unbranched alkanes of at least 4 members (excludes halogenated alkanes) is 13. The number of carbonyl (C=O) groups excluding carboxylic acids is 2. The standard InChI is InChI=1S/C28H44N2O6/c1-2-3-4-5-6-7-8-9-10-11-12-13-14-15-23-29(26(31)17-16-18-27(32)33)28(34)24-19-21-25(22-20-24)30(35)36/h19-22H,2-18,23H2,1H3,(H,32,33). The molecule has 0 saturated carbocycles. The molecule has 8 nitrogen and oxygen atoms in total. The summed E-state index contributed by atoms with van der Waals surface area (Å²) in [5, 5.41) is 19.7. The second-order valence-corrected chi connectivity index (χ2v) is 9.50. The lowest BCUT2D eigenvalue weighted by Crippen LogP contribution is -2.37. The number of hydrogen-bond acceptors (Lipinski definition) is 5. The van der Waals surface area contributed by atoms with Crippen molar-refractivity contribution in [1.82, 2.24) is 4.90 Å². The van der Waals surface area contributed by atoms with Gasteiger partial charge < -0.3 is 5.11 Å². The van der Waals surface area contributed by atoms with Crippen LogP contribution in [0.2, 0.25) is 0 Å². The predicted molar refractivity (Wildman–Crippen MR) is 141 cm³/mol. The highest BCUT2D eigenvalue weighted by Crippen LogP contribution is 2.17. The molecule has 0 fully saturated rings. The average Bonchev–Trinajstić information content (AvgIpc) is 2.85. The van der Waals surface area contributed by atoms with E-state index in [0.717, 1.165) is 19.3 Å². The van der Waals surface area contributed by atoms with Crippen LogP contribution >= 0.6 is 0 Å². The smallest absolute Gasteiger partial charge is 0.303 e. The van der Waals surface area contributed by atoms with Crippen LogP contribution in [0.3, 0.4) is 0 Å². The molecule has 0 unspecified atom stereocenters. The summed E-state index contributed by atoms with van der Waals surface area (Å²) in [5.41, 5.74) is 0.0791. The minimum Gasteiger partial charge on any atom is -0.481 e. The zero-order valence-electron chi connectivity index (χ0n) is 21.9. The summed E-state index contributed by atoms with van der Waals surface area (Å²) in [6, 6.07) is 5.19. The fraction of sp³-hybridized carbons (Fsp3) is 0.679. The molecule has 0 heterocycles. The van der Waals surface area contributed by atoms with Crippen molar-refractivity contribution in [3.63, 3.8) is 0 Å². The number of carboxylic acid groups (broad SMARTS) is 1. The Morgan fingerprint density at radius 1 is 0.750 bits per heavy atom. The number of nitro groups is 1. The first-order valence-corrected chi connectivity index (χ1v) is 13.7. The lowest BCUT2D eigenvalue weighted by molar-refractivity contribution is -0.384. The van der Waals surface area contributed by atoms with Crippen molar-refractivity contribution >= 4 is 23.5 Å². The molecule has 0 aliphatic carbocycles. The average molecular weight is 505 g/mol. The van der Waals surface area contributed by atoms with Crippen molar-refractivity contribution in [3.8, 4) is 0 Å². The SMILES string of the molecule is CCCCCCCCCCCCCCCCN(C(=O)CCCC(=O)O)C(=O)c1ccc([N+](=O)[O-])cc1. The van der Waals surface area contributed by atoms with Gasteiger partial charge in [0.25, 0.3) is 11.6 Å². The maximum absolute atomic E-state index is 12.9. The van der Waals surface area contributed by atoms with Crippen LogP contribution in [0.5, 0.6) is 0 Å². The molecule has 1 aromatic rings. The van der Waals surface area contributed by atoms with Crippen molar-refractivity contribution in [2.75, 3.05) is 6.54 Å². The predicted octanol–water partition coefficient (Wildman–Crippen LogP) is 7.30. The van der Waals surface area contributed by atoms with E-state index in [2.05, 4.69) is 6.92 Å². The third-order valence-corrected chi connectivity index (χ3v) is 6.39. The van der Waals surface area contributed by atoms with E-state index in [4.69, 9.17) is 5.11 Å². The van der Waals surface area contributed by atoms with Gasteiger partial charge in [0.05, 0.1) is 4.92 Å². The maximum atomic E-state index is 12.9. The summed E-state index contributed by atoms with van der Waals surface area (Å²) in [6.45, 7) is 2.50. The fourth-order valence-electron chi connectivity index (χ4n) is 4.21. The van der Waals surface area contributed by atoms with Gasteiger partial charge in [-0.3, -0.25) is 29.4 Å². The molecule has 1 rings (SSSR count). The van der Waals surface area contributed by atoms with Crippen LogP contribution in [0.1, 0.15) is 126 Å². The van der Waals surface area contributed by atoms with Crippen LogP contribution in [0.25, 0.3) is 0 Å². The van der Waals surface area contributed by atoms with Crippen molar-refractivity contribution in [2.24, 2.45) is 0 Å². The maximum Gasteiger partial charge on any atom is 0.303 e. The van der Waals surface area contributed by atoms with Gasteiger partial charge in [-0.1, -0.05) is 90.4 Å². The summed E-state index contributed by atoms with van der Waals surface area (Å²) >= 11 is 0. The molecule has 0 atom stereocenters. The summed E-state index contributed by atoms with van der Waals surface area (Å²) < 4.78 is 0. The highest BCUT2D eigenvalue weighted by Gasteiger charge is 2.23. The van der Waals surface area contributed by atoms with Gasteiger partial charge in [-0.05, 0) is 25.0 Å². The Morgan fingerprint density at radius 2 is 1.22 bits per heavy atom. The number of nitrogens with zero attached hydrogens (tertiary/aromatic N) is 2. The number of rotatable bonds is 21. The van der Waals surface area contributed by atoms with Crippen LogP contribution in [0, 0.1) is 10.1 Å². The van der Waals surface area contributed by atoms with Crippen molar-refractivity contribution < 1.29 is 24.4 Å². The number of carboxylic acids is 1. The van der Waals surface area contributed by atoms with Gasteiger partial charge in [-0.2, -0.15) is 0 Å². The van der Waals surface area contributed by atoms with Crippen LogP contribution in [-0.4, -0.2) is 39.3 Å². The number of amides is 2. The largest absolute Gasteiger partial charge is 0.481 e. The fourth-order valence-corrected chi connectivity index (χ4v) is 4.21. The molecule has 0 spiro atoms. The number of aliphatic carboxylic acids is 1. The molecule has 0 aliphatic heterocycles. The zero-order chi connectivity index (χ0) is 26.6. The third kappa shape index (κ3) is 14.0. The number of non-ortho nitro benzene ring substituents is 1. The van der Waals surface area contributed by atoms with Gasteiger partial charge >= 0.3 is 5.97 Å². The second kappa shape index (κ2) is 19.4. The minimum atomic E-state index is -0.983. The van der Waals surface area contributed by atoms with Crippen LogP contribution in [-0.2, 0) is 9.59 Å². The lowest BCUT2D eigenvalue weighted by Gasteiger charge is -2.21. The molecule has 1 N–H and O–H groups in total. The molecule has 0 aromatic heterocycles. The van der Waals surface area contributed by atoms with Crippen molar-refractivity contribution in [3.05, 3.63) is 39.9 Å². The number of nitro benzene ring substituents is 1. The molecule has 8 heteroatoms. The Morgan fingerprint density at radius 3 is 1.67 bits per heavy atom. The first-order chi connectivity index (χ1) is 17.4. The Bertz CT molecular complexity index is 794. The highest BCUT2D eigenvalue weighted by molar-refractivity contribution is 6.04. The van der Waals surface area contributed by atoms with E-state index >= 15 is 0 Å². The van der Waals surface area contributed by atoms with Gasteiger partial charge in [0.1, 0.15) is 0 Å². The summed E-state index contributed by atoms with van der Waals surface area (Å²) in [5.74, 6) is -1.89. The van der Waals surface area contributed by atoms with E-state index in [9.17, 15) is 24.5 Å². The Labute approximate surface area is 215 Å². The van der Waals surface area contributed by atoms with E-state index in [1.54, 1.807) is 0 Å². The Hall–Kier alpha value is -2.77. The molecular formula is C28H44N2O6. The molecular weight excluding hydrogens is 460 g/mol. The number of carbonyl (C=O) groups is 3. The van der Waals surface area contributed by atoms with E-state index in [-0.39, 0.29) is 37.1 Å². The number of imide groups is 1. The number of hydrogen-bond donors (Lipinski definition) is 1. The van der Waals surface area contributed by atoms with E-state index in [1.165, 1.54) is 93.4 Å². The summed E-state index contributed by atoms with van der Waals surface area (Å²) in [4.78, 5) is 47.9. The van der Waals surface area contributed by atoms with Crippen LogP contribution < -0.4 is 0 Å². The number of benzene rings is 1. The Balaban J connectivity index is 2.38. The molecule has 1 aromatic carbocycles. The van der Waals surface area contributed by atoms with E-state index in [0.29, 0.717) is 6.42 Å². The monoisotopic (exact) mass is 504 g/mol. The third-order valence-electron chi connectivity index (χ3n) is 6.39. The van der Waals surface area contributed by atoms with Gasteiger partial charge in [0.2, 0.25) is 5.91 Å². The zero-order valence-corrected chi connectivity index (χ0v) is 21.9. The van der Waals surface area contributed by atoms with Crippen LogP contribution in [0.15, 0.2) is 24.3 Å². The molecule has 202 valence electrons. The van der Waals surface area contributed by atoms with Gasteiger partial charge in [0.15, 0.2) is 0 Å². The normalized spacial score (nSPS) is 10.8. The highest BCUT2D eigenvalue weighted by atomic mass is 16.6. The van der Waals surface area contributed by atoms with Crippen LogP contribution in [0.4, 0.5) is 5.69 Å². The first-order valence-electron chi connectivity index (χ1n) is 13.7. The summed E-state index contributed by atoms with van der Waals surface area (Å²) in [7, 11) is 0. The summed E-state index contributed by atoms with van der Waals surface area (Å²) in [6.07, 6.45) is 16.9. The van der Waals surface area contributed by atoms with Gasteiger partial charge in [-0.15, -0.1) is 0 Å². The van der Waals surface area contributed by atoms with E-state index in [1.807, 2.05) is 0 Å². The molecule has 2 amide bonds. The van der Waals surface area contributed by atoms with Crippen molar-refractivity contribution in [2.45, 2.75) is 116 Å². The van der Waals surface area contributed by atoms with E-state index < -0.39 is 22.7 Å². The lowest BCUT2D eigenvalue weighted by atomic mass is 10.0. The molecule has 36 heavy (non-hydrogen) atoms. The van der Waals surface area contributed by atoms with Gasteiger partial charge in [-0.25, -0.2) is 0 Å². The topological polar surface area (TPSA) is 118 Å². The molecule has 0 saturated heterocycles. The van der Waals surface area contributed by atoms with Gasteiger partial charge in [0, 0.05) is 37.1 Å². The Kier molecular flexibility index (Phi) is 16.9. The second-order valence-electron chi connectivity index (χ2n) is 9.50. The first kappa shape index (κ1) is 31.3. The van der Waals surface area contributed by atoms with Crippen molar-refractivity contribution in [1.29, 1.82) is 0 Å². The quantitative estimate of drug-likeness (QED) is 0.107. The molecule has 0 bridgehead atoms. The molecule has 0 radical (unpaired) electrons.